The molecule has 0 aliphatic carbocycles. The quantitative estimate of drug-likeness (QED) is 0.809. The Labute approximate surface area is 96.2 Å². The first-order valence-corrected chi connectivity index (χ1v) is 6.12. The third kappa shape index (κ3) is 2.00. The van der Waals surface area contributed by atoms with E-state index < -0.39 is 0 Å². The predicted molar refractivity (Wildman–Crippen MR) is 65.1 cm³/mol. The highest BCUT2D eigenvalue weighted by atomic mass is 16.5. The number of fused-ring (bicyclic) bond motifs is 1. The van der Waals surface area contributed by atoms with Crippen LogP contribution in [0, 0.1) is 5.92 Å². The summed E-state index contributed by atoms with van der Waals surface area (Å²) >= 11 is 0. The minimum absolute atomic E-state index is 0.682. The fourth-order valence-electron chi connectivity index (χ4n) is 2.43. The first-order chi connectivity index (χ1) is 7.92. The summed E-state index contributed by atoms with van der Waals surface area (Å²) in [6, 6.07) is 6.40. The van der Waals surface area contributed by atoms with E-state index in [2.05, 4.69) is 28.8 Å². The highest BCUT2D eigenvalue weighted by molar-refractivity contribution is 5.58. The zero-order valence-corrected chi connectivity index (χ0v) is 9.46. The van der Waals surface area contributed by atoms with Gasteiger partial charge in [-0.2, -0.15) is 0 Å². The Morgan fingerprint density at radius 1 is 1.31 bits per heavy atom. The molecule has 0 spiro atoms. The lowest BCUT2D eigenvalue weighted by molar-refractivity contribution is 0.260. The van der Waals surface area contributed by atoms with Crippen LogP contribution in [0.25, 0.3) is 0 Å². The Balaban J connectivity index is 1.61. The average Bonchev–Trinajstić information content (AvgIpc) is 2.97. The number of hydrogen-bond acceptors (Lipinski definition) is 3. The maximum Gasteiger partial charge on any atom is 0.121 e. The SMILES string of the molecule is c1cc2c(cc1OCC1CCNC1)NCC2. The van der Waals surface area contributed by atoms with Crippen LogP contribution in [-0.4, -0.2) is 26.2 Å². The molecule has 0 aromatic heterocycles. The zero-order chi connectivity index (χ0) is 10.8. The molecule has 2 aliphatic heterocycles. The van der Waals surface area contributed by atoms with Crippen LogP contribution >= 0.6 is 0 Å². The van der Waals surface area contributed by atoms with Gasteiger partial charge in [-0.25, -0.2) is 0 Å². The van der Waals surface area contributed by atoms with E-state index in [0.29, 0.717) is 5.92 Å². The Bertz CT molecular complexity index is 372. The minimum atomic E-state index is 0.682. The highest BCUT2D eigenvalue weighted by Gasteiger charge is 2.15. The lowest BCUT2D eigenvalue weighted by Gasteiger charge is -2.11. The van der Waals surface area contributed by atoms with Crippen molar-refractivity contribution < 1.29 is 4.74 Å². The van der Waals surface area contributed by atoms with Crippen LogP contribution in [0.1, 0.15) is 12.0 Å². The van der Waals surface area contributed by atoms with Crippen molar-refractivity contribution in [2.45, 2.75) is 12.8 Å². The van der Waals surface area contributed by atoms with Gasteiger partial charge in [0.05, 0.1) is 6.61 Å². The molecule has 1 unspecified atom stereocenters. The van der Waals surface area contributed by atoms with Gasteiger partial charge in [-0.1, -0.05) is 6.07 Å². The molecule has 1 aromatic rings. The van der Waals surface area contributed by atoms with E-state index in [4.69, 9.17) is 4.74 Å². The molecule has 86 valence electrons. The summed E-state index contributed by atoms with van der Waals surface area (Å²) in [5.41, 5.74) is 2.66. The Morgan fingerprint density at radius 3 is 3.19 bits per heavy atom. The number of anilines is 1. The first-order valence-electron chi connectivity index (χ1n) is 6.12. The van der Waals surface area contributed by atoms with Gasteiger partial charge in [0.25, 0.3) is 0 Å². The van der Waals surface area contributed by atoms with Gasteiger partial charge < -0.3 is 15.4 Å². The summed E-state index contributed by atoms with van der Waals surface area (Å²) in [5.74, 6) is 1.68. The van der Waals surface area contributed by atoms with E-state index in [-0.39, 0.29) is 0 Å². The van der Waals surface area contributed by atoms with Crippen LogP contribution < -0.4 is 15.4 Å². The van der Waals surface area contributed by atoms with Gasteiger partial charge in [0.2, 0.25) is 0 Å². The summed E-state index contributed by atoms with van der Waals surface area (Å²) < 4.78 is 5.84. The van der Waals surface area contributed by atoms with Gasteiger partial charge >= 0.3 is 0 Å². The van der Waals surface area contributed by atoms with Crippen molar-refractivity contribution in [1.29, 1.82) is 0 Å². The summed E-state index contributed by atoms with van der Waals surface area (Å²) in [5, 5.41) is 6.73. The second-order valence-corrected chi connectivity index (χ2v) is 4.67. The van der Waals surface area contributed by atoms with Gasteiger partial charge in [-0.15, -0.1) is 0 Å². The van der Waals surface area contributed by atoms with E-state index in [1.54, 1.807) is 0 Å². The number of nitrogens with one attached hydrogen (secondary N) is 2. The molecular weight excluding hydrogens is 200 g/mol. The van der Waals surface area contributed by atoms with E-state index in [0.717, 1.165) is 38.4 Å². The largest absolute Gasteiger partial charge is 0.493 e. The lowest BCUT2D eigenvalue weighted by Crippen LogP contribution is -2.15. The van der Waals surface area contributed by atoms with E-state index in [1.807, 2.05) is 0 Å². The van der Waals surface area contributed by atoms with Gasteiger partial charge in [0.1, 0.15) is 5.75 Å². The second kappa shape index (κ2) is 4.34. The van der Waals surface area contributed by atoms with Crippen molar-refractivity contribution in [2.75, 3.05) is 31.6 Å². The Hall–Kier alpha value is -1.22. The van der Waals surface area contributed by atoms with Crippen molar-refractivity contribution in [3.8, 4) is 5.75 Å². The average molecular weight is 218 g/mol. The summed E-state index contributed by atoms with van der Waals surface area (Å²) in [7, 11) is 0. The lowest BCUT2D eigenvalue weighted by atomic mass is 10.1. The molecule has 0 saturated carbocycles. The Morgan fingerprint density at radius 2 is 2.31 bits per heavy atom. The number of hydrogen-bond donors (Lipinski definition) is 2. The molecule has 2 N–H and O–H groups in total. The smallest absolute Gasteiger partial charge is 0.121 e. The van der Waals surface area contributed by atoms with Gasteiger partial charge in [-0.3, -0.25) is 0 Å². The number of rotatable bonds is 3. The molecule has 1 aromatic carbocycles. The predicted octanol–water partition coefficient (Wildman–Crippen LogP) is 1.64. The molecule has 1 fully saturated rings. The molecule has 3 nitrogen and oxygen atoms in total. The summed E-state index contributed by atoms with van der Waals surface area (Å²) in [6.07, 6.45) is 2.38. The van der Waals surface area contributed by atoms with Crippen molar-refractivity contribution in [2.24, 2.45) is 5.92 Å². The molecule has 3 rings (SSSR count). The van der Waals surface area contributed by atoms with Crippen LogP contribution in [0.2, 0.25) is 0 Å². The fraction of sp³-hybridized carbons (Fsp3) is 0.538. The fourth-order valence-corrected chi connectivity index (χ4v) is 2.43. The molecule has 1 saturated heterocycles. The molecule has 2 aliphatic rings. The maximum atomic E-state index is 5.84. The Kier molecular flexibility index (Phi) is 2.70. The molecule has 0 radical (unpaired) electrons. The third-order valence-corrected chi connectivity index (χ3v) is 3.44. The molecule has 3 heteroatoms. The maximum absolute atomic E-state index is 5.84. The number of benzene rings is 1. The van der Waals surface area contributed by atoms with Gasteiger partial charge in [0, 0.05) is 30.8 Å². The third-order valence-electron chi connectivity index (χ3n) is 3.44. The van der Waals surface area contributed by atoms with Crippen molar-refractivity contribution >= 4 is 5.69 Å². The summed E-state index contributed by atoms with van der Waals surface area (Å²) in [4.78, 5) is 0. The van der Waals surface area contributed by atoms with Crippen LogP contribution in [0.5, 0.6) is 5.75 Å². The monoisotopic (exact) mass is 218 g/mol. The van der Waals surface area contributed by atoms with Crippen LogP contribution in [0.15, 0.2) is 18.2 Å². The van der Waals surface area contributed by atoms with Gasteiger partial charge in [0.15, 0.2) is 0 Å². The zero-order valence-electron chi connectivity index (χ0n) is 9.46. The second-order valence-electron chi connectivity index (χ2n) is 4.67. The first kappa shape index (κ1) is 9.97. The van der Waals surface area contributed by atoms with Crippen LogP contribution in [0.4, 0.5) is 5.69 Å². The molecule has 2 heterocycles. The standard InChI is InChI=1S/C13H18N2O/c1-2-12(7-13-11(1)4-6-15-13)16-9-10-3-5-14-8-10/h1-2,7,10,14-15H,3-6,8-9H2. The minimum Gasteiger partial charge on any atom is -0.493 e. The molecular formula is C13H18N2O. The molecule has 16 heavy (non-hydrogen) atoms. The van der Waals surface area contributed by atoms with Crippen LogP contribution in [0.3, 0.4) is 0 Å². The van der Waals surface area contributed by atoms with Crippen LogP contribution in [-0.2, 0) is 6.42 Å². The topological polar surface area (TPSA) is 33.3 Å². The highest BCUT2D eigenvalue weighted by Crippen LogP contribution is 2.27. The van der Waals surface area contributed by atoms with Gasteiger partial charge in [-0.05, 0) is 31.0 Å². The van der Waals surface area contributed by atoms with Crippen molar-refractivity contribution in [3.05, 3.63) is 23.8 Å². The van der Waals surface area contributed by atoms with Crippen molar-refractivity contribution in [1.82, 2.24) is 5.32 Å². The van der Waals surface area contributed by atoms with Crippen molar-refractivity contribution in [3.63, 3.8) is 0 Å². The molecule has 1 atom stereocenters. The molecule has 0 bridgehead atoms. The normalized spacial score (nSPS) is 22.9. The summed E-state index contributed by atoms with van der Waals surface area (Å²) in [6.45, 7) is 4.14. The number of ether oxygens (including phenoxy) is 1. The molecule has 0 amide bonds. The van der Waals surface area contributed by atoms with E-state index in [9.17, 15) is 0 Å². The van der Waals surface area contributed by atoms with E-state index >= 15 is 0 Å². The van der Waals surface area contributed by atoms with E-state index in [1.165, 1.54) is 17.7 Å².